The normalized spacial score (nSPS) is 10.6. The third-order valence-corrected chi connectivity index (χ3v) is 4.37. The maximum Gasteiger partial charge on any atom is 0.353 e. The fourth-order valence-corrected chi connectivity index (χ4v) is 2.67. The molecule has 2 heterocycles. The summed E-state index contributed by atoms with van der Waals surface area (Å²) in [5, 5.41) is 18.2. The summed E-state index contributed by atoms with van der Waals surface area (Å²) in [6, 6.07) is 4.81. The predicted octanol–water partition coefficient (Wildman–Crippen LogP) is 4.13. The lowest BCUT2D eigenvalue weighted by Crippen LogP contribution is -2.10. The first kappa shape index (κ1) is 18.9. The summed E-state index contributed by atoms with van der Waals surface area (Å²) in [5.41, 5.74) is 0.281. The van der Waals surface area contributed by atoms with Crippen LogP contribution < -0.4 is 10.6 Å². The number of halogens is 2. The van der Waals surface area contributed by atoms with Gasteiger partial charge in [0.05, 0.1) is 21.3 Å². The molecule has 0 saturated carbocycles. The zero-order chi connectivity index (χ0) is 19.2. The first-order chi connectivity index (χ1) is 13.0. The monoisotopic (exact) mass is 407 g/mol. The van der Waals surface area contributed by atoms with Crippen LogP contribution in [-0.2, 0) is 6.54 Å². The maximum absolute atomic E-state index is 11.6. The zero-order valence-electron chi connectivity index (χ0n) is 14.0. The Morgan fingerprint density at radius 1 is 1.19 bits per heavy atom. The molecule has 0 aliphatic rings. The second-order valence-corrected chi connectivity index (χ2v) is 6.33. The van der Waals surface area contributed by atoms with Crippen LogP contribution >= 0.6 is 23.2 Å². The first-order valence-corrected chi connectivity index (χ1v) is 8.71. The van der Waals surface area contributed by atoms with E-state index in [1.165, 1.54) is 6.33 Å². The summed E-state index contributed by atoms with van der Waals surface area (Å²) in [4.78, 5) is 23.0. The highest BCUT2D eigenvalue weighted by Crippen LogP contribution is 2.33. The van der Waals surface area contributed by atoms with Gasteiger partial charge in [0.1, 0.15) is 6.33 Å². The molecular formula is C16H15Cl2N7O2. The lowest BCUT2D eigenvalue weighted by atomic mass is 10.3. The number of imidazole rings is 1. The van der Waals surface area contributed by atoms with Gasteiger partial charge in [-0.2, -0.15) is 0 Å². The number of aryl methyl sites for hydroxylation is 1. The molecule has 3 aromatic rings. The summed E-state index contributed by atoms with van der Waals surface area (Å²) < 4.78 is 1.92. The van der Waals surface area contributed by atoms with Gasteiger partial charge in [0.15, 0.2) is 0 Å². The van der Waals surface area contributed by atoms with Crippen LogP contribution in [0.3, 0.4) is 0 Å². The highest BCUT2D eigenvalue weighted by Gasteiger charge is 2.23. The van der Waals surface area contributed by atoms with Crippen molar-refractivity contribution in [2.45, 2.75) is 13.0 Å². The van der Waals surface area contributed by atoms with Crippen molar-refractivity contribution in [3.8, 4) is 0 Å². The Kier molecular flexibility index (Phi) is 6.05. The van der Waals surface area contributed by atoms with Gasteiger partial charge in [-0.15, -0.1) is 0 Å². The molecule has 140 valence electrons. The number of benzene rings is 1. The number of nitrogens with zero attached hydrogens (tertiary/aromatic N) is 5. The van der Waals surface area contributed by atoms with E-state index in [-0.39, 0.29) is 17.3 Å². The number of rotatable bonds is 8. The van der Waals surface area contributed by atoms with Crippen molar-refractivity contribution < 1.29 is 4.92 Å². The van der Waals surface area contributed by atoms with Crippen LogP contribution in [0, 0.1) is 10.1 Å². The highest BCUT2D eigenvalue weighted by molar-refractivity contribution is 6.42. The van der Waals surface area contributed by atoms with Gasteiger partial charge in [-0.05, 0) is 24.6 Å². The Labute approximate surface area is 164 Å². The van der Waals surface area contributed by atoms with Gasteiger partial charge in [0.2, 0.25) is 11.6 Å². The van der Waals surface area contributed by atoms with E-state index in [0.29, 0.717) is 22.3 Å². The lowest BCUT2D eigenvalue weighted by molar-refractivity contribution is -0.383. The van der Waals surface area contributed by atoms with Gasteiger partial charge in [-0.1, -0.05) is 23.2 Å². The van der Waals surface area contributed by atoms with Crippen molar-refractivity contribution in [3.63, 3.8) is 0 Å². The van der Waals surface area contributed by atoms with Crippen molar-refractivity contribution in [1.82, 2.24) is 19.5 Å². The van der Waals surface area contributed by atoms with Crippen LogP contribution in [0.4, 0.5) is 23.0 Å². The average Bonchev–Trinajstić information content (AvgIpc) is 3.15. The topological polar surface area (TPSA) is 111 Å². The van der Waals surface area contributed by atoms with Crippen LogP contribution in [0.25, 0.3) is 0 Å². The number of hydrogen-bond donors (Lipinski definition) is 2. The molecule has 0 aliphatic carbocycles. The van der Waals surface area contributed by atoms with Gasteiger partial charge in [-0.3, -0.25) is 10.1 Å². The number of nitrogens with one attached hydrogen (secondary N) is 2. The van der Waals surface area contributed by atoms with Gasteiger partial charge in [-0.25, -0.2) is 15.0 Å². The summed E-state index contributed by atoms with van der Waals surface area (Å²) in [7, 11) is 0. The van der Waals surface area contributed by atoms with E-state index in [9.17, 15) is 10.1 Å². The van der Waals surface area contributed by atoms with E-state index < -0.39 is 4.92 Å². The van der Waals surface area contributed by atoms with E-state index in [1.54, 1.807) is 30.7 Å². The molecule has 0 radical (unpaired) electrons. The van der Waals surface area contributed by atoms with E-state index in [4.69, 9.17) is 23.2 Å². The quantitative estimate of drug-likeness (QED) is 0.327. The van der Waals surface area contributed by atoms with Gasteiger partial charge >= 0.3 is 5.69 Å². The maximum atomic E-state index is 11.6. The van der Waals surface area contributed by atoms with Gasteiger partial charge in [0.25, 0.3) is 0 Å². The molecule has 27 heavy (non-hydrogen) atoms. The molecule has 3 rings (SSSR count). The number of aromatic nitrogens is 4. The SMILES string of the molecule is O=[N+]([O-])c1c(NCCCn2ccnc2)ncnc1Nc1ccc(Cl)c(Cl)c1. The molecule has 0 bridgehead atoms. The molecule has 0 atom stereocenters. The first-order valence-electron chi connectivity index (χ1n) is 7.95. The predicted molar refractivity (Wildman–Crippen MR) is 104 cm³/mol. The second kappa shape index (κ2) is 8.65. The van der Waals surface area contributed by atoms with Gasteiger partial charge < -0.3 is 15.2 Å². The summed E-state index contributed by atoms with van der Waals surface area (Å²) in [5.74, 6) is 0.202. The largest absolute Gasteiger partial charge is 0.364 e. The van der Waals surface area contributed by atoms with Crippen molar-refractivity contribution in [1.29, 1.82) is 0 Å². The molecule has 0 saturated heterocycles. The fourth-order valence-electron chi connectivity index (χ4n) is 2.37. The Morgan fingerprint density at radius 2 is 2.00 bits per heavy atom. The number of nitro groups is 1. The molecular weight excluding hydrogens is 393 g/mol. The molecule has 1 aromatic carbocycles. The zero-order valence-corrected chi connectivity index (χ0v) is 15.5. The molecule has 0 aliphatic heterocycles. The third-order valence-electron chi connectivity index (χ3n) is 3.63. The van der Waals surface area contributed by atoms with E-state index >= 15 is 0 Å². The lowest BCUT2D eigenvalue weighted by Gasteiger charge is -2.10. The molecule has 0 fully saturated rings. The highest BCUT2D eigenvalue weighted by atomic mass is 35.5. The van der Waals surface area contributed by atoms with Crippen molar-refractivity contribution >= 4 is 46.2 Å². The standard InChI is InChI=1S/C16H15Cl2N7O2/c17-12-3-2-11(8-13(12)18)23-16-14(25(26)27)15(21-9-22-16)20-4-1-6-24-7-5-19-10-24/h2-3,5,7-10H,1,4,6H2,(H2,20,21,22,23). The minimum Gasteiger partial charge on any atom is -0.364 e. The smallest absolute Gasteiger partial charge is 0.353 e. The van der Waals surface area contributed by atoms with E-state index in [0.717, 1.165) is 13.0 Å². The van der Waals surface area contributed by atoms with Crippen LogP contribution in [0.15, 0.2) is 43.2 Å². The Bertz CT molecular complexity index is 935. The summed E-state index contributed by atoms with van der Waals surface area (Å²) in [6.07, 6.45) is 7.26. The summed E-state index contributed by atoms with van der Waals surface area (Å²) in [6.45, 7) is 1.24. The van der Waals surface area contributed by atoms with Crippen LogP contribution in [0.1, 0.15) is 6.42 Å². The molecule has 2 N–H and O–H groups in total. The van der Waals surface area contributed by atoms with Crippen LogP contribution in [0.5, 0.6) is 0 Å². The minimum atomic E-state index is -0.530. The van der Waals surface area contributed by atoms with Gasteiger partial charge in [0, 0.05) is 31.2 Å². The molecule has 0 unspecified atom stereocenters. The number of hydrogen-bond acceptors (Lipinski definition) is 7. The van der Waals surface area contributed by atoms with Crippen LogP contribution in [0.2, 0.25) is 10.0 Å². The van der Waals surface area contributed by atoms with Crippen LogP contribution in [-0.4, -0.2) is 31.0 Å². The molecule has 9 nitrogen and oxygen atoms in total. The molecule has 2 aromatic heterocycles. The molecule has 0 spiro atoms. The Balaban J connectivity index is 1.73. The summed E-state index contributed by atoms with van der Waals surface area (Å²) >= 11 is 11.9. The fraction of sp³-hybridized carbons (Fsp3) is 0.188. The minimum absolute atomic E-state index is 0.0606. The van der Waals surface area contributed by atoms with E-state index in [1.807, 2.05) is 10.8 Å². The Hall–Kier alpha value is -2.91. The van der Waals surface area contributed by atoms with Crippen molar-refractivity contribution in [2.75, 3.05) is 17.2 Å². The van der Waals surface area contributed by atoms with E-state index in [2.05, 4.69) is 25.6 Å². The molecule has 0 amide bonds. The van der Waals surface area contributed by atoms with Crippen molar-refractivity contribution in [2.24, 2.45) is 0 Å². The number of anilines is 3. The molecule has 11 heteroatoms. The third kappa shape index (κ3) is 4.83. The average molecular weight is 408 g/mol. The van der Waals surface area contributed by atoms with Crippen molar-refractivity contribution in [3.05, 3.63) is 63.4 Å². The second-order valence-electron chi connectivity index (χ2n) is 5.51. The Morgan fingerprint density at radius 3 is 2.70 bits per heavy atom.